The Bertz CT molecular complexity index is 1680. The molecule has 1 heterocycles. The number of carbonyl (C=O) groups excluding carboxylic acids is 3. The van der Waals surface area contributed by atoms with Gasteiger partial charge in [-0.05, 0) is 71.2 Å². The second-order valence-corrected chi connectivity index (χ2v) is 11.0. The van der Waals surface area contributed by atoms with Crippen molar-refractivity contribution in [1.82, 2.24) is 16.1 Å². The molecule has 1 atom stereocenters. The molecule has 0 saturated carbocycles. The van der Waals surface area contributed by atoms with Gasteiger partial charge in [-0.25, -0.2) is 15.0 Å². The first kappa shape index (κ1) is 34.1. The molecular formula is C32H32BrClN4O8. The number of urea groups is 1. The van der Waals surface area contributed by atoms with E-state index in [2.05, 4.69) is 37.1 Å². The van der Waals surface area contributed by atoms with Crippen molar-refractivity contribution in [2.45, 2.75) is 26.5 Å². The van der Waals surface area contributed by atoms with E-state index in [0.717, 1.165) is 5.56 Å². The second-order valence-electron chi connectivity index (χ2n) is 9.70. The van der Waals surface area contributed by atoms with Crippen molar-refractivity contribution in [3.05, 3.63) is 92.1 Å². The molecule has 3 amide bonds. The number of benzene rings is 3. The topological polar surface area (TPSA) is 146 Å². The van der Waals surface area contributed by atoms with Gasteiger partial charge >= 0.3 is 12.0 Å². The minimum atomic E-state index is -0.782. The van der Waals surface area contributed by atoms with Gasteiger partial charge in [-0.15, -0.1) is 0 Å². The molecule has 0 aromatic heterocycles. The van der Waals surface area contributed by atoms with Crippen LogP contribution in [0.3, 0.4) is 0 Å². The highest BCUT2D eigenvalue weighted by Gasteiger charge is 2.32. The highest BCUT2D eigenvalue weighted by atomic mass is 79.9. The molecule has 1 aliphatic heterocycles. The Morgan fingerprint density at radius 1 is 1.04 bits per heavy atom. The van der Waals surface area contributed by atoms with Gasteiger partial charge in [0.1, 0.15) is 6.61 Å². The van der Waals surface area contributed by atoms with Crippen LogP contribution >= 0.6 is 27.5 Å². The largest absolute Gasteiger partial charge is 0.493 e. The Kier molecular flexibility index (Phi) is 11.9. The number of halogens is 2. The SMILES string of the molecule is CCOC(=O)C1=C(C)NC(=O)N[C@@H]1c1ccc(OCC(=O)N/N=C/c2cc(Br)c(OCc3ccccc3Cl)c(OC)c2)c(OC)c1. The Morgan fingerprint density at radius 3 is 2.52 bits per heavy atom. The summed E-state index contributed by atoms with van der Waals surface area (Å²) in [6.07, 6.45) is 1.45. The summed E-state index contributed by atoms with van der Waals surface area (Å²) in [6.45, 7) is 3.37. The molecular weight excluding hydrogens is 684 g/mol. The monoisotopic (exact) mass is 714 g/mol. The molecule has 12 nitrogen and oxygen atoms in total. The average Bonchev–Trinajstić information content (AvgIpc) is 3.03. The maximum atomic E-state index is 12.6. The number of methoxy groups -OCH3 is 2. The molecule has 0 unspecified atom stereocenters. The molecule has 1 aliphatic rings. The van der Waals surface area contributed by atoms with Crippen LogP contribution in [0.15, 0.2) is 75.4 Å². The molecule has 242 valence electrons. The third-order valence-electron chi connectivity index (χ3n) is 6.63. The Labute approximate surface area is 279 Å². The zero-order valence-corrected chi connectivity index (χ0v) is 27.8. The van der Waals surface area contributed by atoms with Crippen molar-refractivity contribution in [2.24, 2.45) is 5.10 Å². The number of nitrogens with zero attached hydrogens (tertiary/aromatic N) is 1. The quantitative estimate of drug-likeness (QED) is 0.121. The molecule has 0 radical (unpaired) electrons. The van der Waals surface area contributed by atoms with Crippen LogP contribution in [0.2, 0.25) is 5.02 Å². The summed E-state index contributed by atoms with van der Waals surface area (Å²) in [7, 11) is 2.95. The van der Waals surface area contributed by atoms with Crippen LogP contribution in [0, 0.1) is 0 Å². The van der Waals surface area contributed by atoms with Crippen molar-refractivity contribution in [3.63, 3.8) is 0 Å². The maximum absolute atomic E-state index is 12.6. The van der Waals surface area contributed by atoms with Crippen LogP contribution in [0.1, 0.15) is 36.6 Å². The molecule has 3 aromatic rings. The van der Waals surface area contributed by atoms with Gasteiger partial charge in [0.15, 0.2) is 29.6 Å². The van der Waals surface area contributed by atoms with E-state index in [1.807, 2.05) is 18.2 Å². The summed E-state index contributed by atoms with van der Waals surface area (Å²) in [6, 6.07) is 14.5. The van der Waals surface area contributed by atoms with Gasteiger partial charge in [0.2, 0.25) is 0 Å². The second kappa shape index (κ2) is 16.0. The predicted octanol–water partition coefficient (Wildman–Crippen LogP) is 5.42. The van der Waals surface area contributed by atoms with Crippen LogP contribution in [0.25, 0.3) is 0 Å². The third kappa shape index (κ3) is 8.49. The van der Waals surface area contributed by atoms with Gasteiger partial charge in [0.25, 0.3) is 5.91 Å². The lowest BCUT2D eigenvalue weighted by molar-refractivity contribution is -0.139. The molecule has 0 saturated heterocycles. The summed E-state index contributed by atoms with van der Waals surface area (Å²) >= 11 is 9.73. The van der Waals surface area contributed by atoms with Crippen LogP contribution in [-0.4, -0.2) is 51.6 Å². The van der Waals surface area contributed by atoms with Crippen molar-refractivity contribution < 1.29 is 38.1 Å². The molecule has 14 heteroatoms. The molecule has 0 bridgehead atoms. The van der Waals surface area contributed by atoms with Gasteiger partial charge < -0.3 is 34.3 Å². The summed E-state index contributed by atoms with van der Waals surface area (Å²) in [5, 5.41) is 9.93. The molecule has 46 heavy (non-hydrogen) atoms. The van der Waals surface area contributed by atoms with Crippen molar-refractivity contribution >= 4 is 51.7 Å². The Hall–Kier alpha value is -4.75. The van der Waals surface area contributed by atoms with Crippen molar-refractivity contribution in [2.75, 3.05) is 27.4 Å². The first-order valence-corrected chi connectivity index (χ1v) is 15.1. The average molecular weight is 716 g/mol. The number of allylic oxidation sites excluding steroid dienone is 1. The fourth-order valence-electron chi connectivity index (χ4n) is 4.48. The van der Waals surface area contributed by atoms with Crippen LogP contribution in [-0.2, 0) is 20.9 Å². The highest BCUT2D eigenvalue weighted by Crippen LogP contribution is 2.37. The predicted molar refractivity (Wildman–Crippen MR) is 174 cm³/mol. The lowest BCUT2D eigenvalue weighted by Crippen LogP contribution is -2.45. The van der Waals surface area contributed by atoms with Crippen LogP contribution < -0.4 is 35.0 Å². The van der Waals surface area contributed by atoms with E-state index in [9.17, 15) is 14.4 Å². The van der Waals surface area contributed by atoms with Crippen molar-refractivity contribution in [1.29, 1.82) is 0 Å². The standard InChI is InChI=1S/C32H32BrClN4O8/c1-5-44-31(40)28-18(2)36-32(41)37-29(28)20-10-11-24(25(14-20)42-3)45-17-27(39)38-35-15-19-12-22(33)30(26(13-19)43-4)46-16-21-8-6-7-9-23(21)34/h6-15,29H,5,16-17H2,1-4H3,(H,38,39)(H2,36,37,41)/b35-15+/t29-/m1/s1. The molecule has 4 rings (SSSR count). The zero-order chi connectivity index (χ0) is 33.2. The van der Waals surface area contributed by atoms with E-state index in [-0.39, 0.29) is 36.9 Å². The number of ether oxygens (including phenoxy) is 5. The summed E-state index contributed by atoms with van der Waals surface area (Å²) in [4.78, 5) is 37.3. The smallest absolute Gasteiger partial charge is 0.338 e. The number of hydrazone groups is 1. The lowest BCUT2D eigenvalue weighted by atomic mass is 9.95. The summed E-state index contributed by atoms with van der Waals surface area (Å²) in [5.74, 6) is 0.417. The first-order chi connectivity index (χ1) is 22.1. The number of rotatable bonds is 13. The number of hydrogen-bond acceptors (Lipinski definition) is 9. The van der Waals surface area contributed by atoms with E-state index in [0.29, 0.717) is 37.8 Å². The van der Waals surface area contributed by atoms with Gasteiger partial charge in [-0.2, -0.15) is 5.10 Å². The number of carbonyl (C=O) groups is 3. The summed E-state index contributed by atoms with van der Waals surface area (Å²) < 4.78 is 28.4. The highest BCUT2D eigenvalue weighted by molar-refractivity contribution is 9.10. The Morgan fingerprint density at radius 2 is 1.80 bits per heavy atom. The van der Waals surface area contributed by atoms with E-state index < -0.39 is 23.9 Å². The van der Waals surface area contributed by atoms with E-state index >= 15 is 0 Å². The van der Waals surface area contributed by atoms with E-state index in [1.54, 1.807) is 50.2 Å². The van der Waals surface area contributed by atoms with Gasteiger partial charge in [-0.3, -0.25) is 4.79 Å². The van der Waals surface area contributed by atoms with E-state index in [1.165, 1.54) is 20.4 Å². The molecule has 0 fully saturated rings. The molecule has 0 spiro atoms. The summed E-state index contributed by atoms with van der Waals surface area (Å²) in [5.41, 5.74) is 5.07. The third-order valence-corrected chi connectivity index (χ3v) is 7.59. The fraction of sp³-hybridized carbons (Fsp3) is 0.250. The minimum Gasteiger partial charge on any atom is -0.493 e. The minimum absolute atomic E-state index is 0.177. The number of amides is 3. The normalized spacial score (nSPS) is 14.3. The van der Waals surface area contributed by atoms with Gasteiger partial charge in [-0.1, -0.05) is 35.9 Å². The number of hydrogen-bond donors (Lipinski definition) is 3. The molecule has 0 aliphatic carbocycles. The first-order valence-electron chi connectivity index (χ1n) is 14.0. The number of nitrogens with one attached hydrogen (secondary N) is 3. The number of esters is 1. The zero-order valence-electron chi connectivity index (χ0n) is 25.4. The lowest BCUT2D eigenvalue weighted by Gasteiger charge is -2.28. The van der Waals surface area contributed by atoms with E-state index in [4.69, 9.17) is 35.3 Å². The van der Waals surface area contributed by atoms with Gasteiger partial charge in [0, 0.05) is 16.3 Å². The van der Waals surface area contributed by atoms with Crippen LogP contribution in [0.4, 0.5) is 4.79 Å². The molecule has 3 N–H and O–H groups in total. The maximum Gasteiger partial charge on any atom is 0.338 e. The Balaban J connectivity index is 1.38. The van der Waals surface area contributed by atoms with Crippen molar-refractivity contribution in [3.8, 4) is 23.0 Å². The van der Waals surface area contributed by atoms with Gasteiger partial charge in [0.05, 0.1) is 43.1 Å². The van der Waals surface area contributed by atoms with Crippen LogP contribution in [0.5, 0.6) is 23.0 Å². The molecule has 3 aromatic carbocycles. The fourth-order valence-corrected chi connectivity index (χ4v) is 5.24.